The van der Waals surface area contributed by atoms with Crippen molar-refractivity contribution >= 4 is 34.5 Å². The summed E-state index contributed by atoms with van der Waals surface area (Å²) in [4.78, 5) is 37.4. The predicted molar refractivity (Wildman–Crippen MR) is 99.9 cm³/mol. The normalized spacial score (nSPS) is 19.7. The number of thioether (sulfide) groups is 1. The van der Waals surface area contributed by atoms with Gasteiger partial charge in [-0.05, 0) is 43.6 Å². The van der Waals surface area contributed by atoms with E-state index >= 15 is 0 Å². The summed E-state index contributed by atoms with van der Waals surface area (Å²) in [5.74, 6) is 0.0170. The quantitative estimate of drug-likeness (QED) is 0.787. The third-order valence-corrected chi connectivity index (χ3v) is 5.71. The van der Waals surface area contributed by atoms with E-state index < -0.39 is 5.41 Å². The fourth-order valence-electron chi connectivity index (χ4n) is 3.29. The van der Waals surface area contributed by atoms with Crippen LogP contribution in [0.4, 0.5) is 10.5 Å². The maximum atomic E-state index is 12.8. The van der Waals surface area contributed by atoms with Gasteiger partial charge < -0.3 is 15.4 Å². The summed E-state index contributed by atoms with van der Waals surface area (Å²) in [7, 11) is 1.62. The number of hydrogen-bond acceptors (Lipinski definition) is 6. The molecule has 0 bridgehead atoms. The number of imide groups is 1. The maximum Gasteiger partial charge on any atom is 0.289 e. The van der Waals surface area contributed by atoms with Crippen LogP contribution >= 0.6 is 11.8 Å². The lowest BCUT2D eigenvalue weighted by Gasteiger charge is -2.35. The molecule has 3 rings (SSSR count). The minimum atomic E-state index is -0.510. The van der Waals surface area contributed by atoms with Gasteiger partial charge in [-0.3, -0.25) is 19.3 Å². The average molecular weight is 377 g/mol. The molecule has 3 amide bonds. The Labute approximate surface area is 156 Å². The number of methoxy groups -OCH3 is 1. The molecule has 2 heterocycles. The fourth-order valence-corrected chi connectivity index (χ4v) is 4.02. The molecule has 2 saturated heterocycles. The summed E-state index contributed by atoms with van der Waals surface area (Å²) in [5.41, 5.74) is 1.03. The number of hydrogen-bond donors (Lipinski definition) is 2. The number of amides is 3. The Morgan fingerprint density at radius 2 is 1.96 bits per heavy atom. The highest BCUT2D eigenvalue weighted by molar-refractivity contribution is 8.14. The molecule has 2 N–H and O–H groups in total. The van der Waals surface area contributed by atoms with E-state index in [0.29, 0.717) is 12.3 Å². The lowest BCUT2D eigenvalue weighted by Crippen LogP contribution is -2.47. The molecule has 0 atom stereocenters. The molecule has 140 valence electrons. The summed E-state index contributed by atoms with van der Waals surface area (Å²) >= 11 is 1.03. The van der Waals surface area contributed by atoms with Crippen molar-refractivity contribution in [2.24, 2.45) is 5.41 Å². The van der Waals surface area contributed by atoms with Crippen molar-refractivity contribution in [2.45, 2.75) is 19.4 Å². The van der Waals surface area contributed by atoms with Crippen molar-refractivity contribution in [3.8, 4) is 0 Å². The zero-order chi connectivity index (χ0) is 18.6. The first kappa shape index (κ1) is 18.9. The Bertz CT molecular complexity index is 665. The summed E-state index contributed by atoms with van der Waals surface area (Å²) in [5, 5.41) is 6.04. The smallest absolute Gasteiger partial charge is 0.289 e. The number of piperidine rings is 1. The van der Waals surface area contributed by atoms with E-state index in [0.717, 1.165) is 43.3 Å². The van der Waals surface area contributed by atoms with Crippen LogP contribution in [0.25, 0.3) is 0 Å². The van der Waals surface area contributed by atoms with Gasteiger partial charge in [0.2, 0.25) is 11.8 Å². The molecule has 8 heteroatoms. The summed E-state index contributed by atoms with van der Waals surface area (Å²) < 4.78 is 5.30. The molecule has 0 spiro atoms. The van der Waals surface area contributed by atoms with E-state index in [1.54, 1.807) is 19.2 Å². The Morgan fingerprint density at radius 3 is 2.54 bits per heavy atom. The third-order valence-electron chi connectivity index (χ3n) is 4.86. The molecule has 1 aromatic rings. The van der Waals surface area contributed by atoms with Crippen molar-refractivity contribution in [3.05, 3.63) is 29.8 Å². The van der Waals surface area contributed by atoms with E-state index in [1.807, 2.05) is 12.1 Å². The second-order valence-corrected chi connectivity index (χ2v) is 7.58. The van der Waals surface area contributed by atoms with E-state index in [-0.39, 0.29) is 29.4 Å². The van der Waals surface area contributed by atoms with Crippen LogP contribution in [0.3, 0.4) is 0 Å². The number of benzene rings is 1. The van der Waals surface area contributed by atoms with Crippen molar-refractivity contribution < 1.29 is 19.1 Å². The number of carbonyl (C=O) groups excluding carboxylic acids is 3. The van der Waals surface area contributed by atoms with Crippen LogP contribution in [0.1, 0.15) is 18.4 Å². The first-order valence-electron chi connectivity index (χ1n) is 8.61. The maximum absolute atomic E-state index is 12.8. The van der Waals surface area contributed by atoms with Gasteiger partial charge in [0.05, 0.1) is 24.3 Å². The second kappa shape index (κ2) is 8.20. The number of rotatable bonds is 6. The number of carbonyl (C=O) groups is 3. The average Bonchev–Trinajstić information content (AvgIpc) is 2.96. The monoisotopic (exact) mass is 377 g/mol. The first-order chi connectivity index (χ1) is 12.5. The number of nitrogens with zero attached hydrogens (tertiary/aromatic N) is 1. The molecule has 0 unspecified atom stereocenters. The van der Waals surface area contributed by atoms with Gasteiger partial charge in [-0.25, -0.2) is 0 Å². The highest BCUT2D eigenvalue weighted by Gasteiger charge is 2.39. The van der Waals surface area contributed by atoms with Crippen LogP contribution in [0, 0.1) is 5.41 Å². The van der Waals surface area contributed by atoms with Gasteiger partial charge in [-0.1, -0.05) is 23.9 Å². The second-order valence-electron chi connectivity index (χ2n) is 6.65. The molecule has 0 aliphatic carbocycles. The lowest BCUT2D eigenvalue weighted by molar-refractivity contribution is -0.130. The molecule has 1 aromatic carbocycles. The Kier molecular flexibility index (Phi) is 5.95. The number of ether oxygens (including phenoxy) is 1. The molecular formula is C18H23N3O4S. The van der Waals surface area contributed by atoms with Gasteiger partial charge in [-0.2, -0.15) is 0 Å². The fraction of sp³-hybridized carbons (Fsp3) is 0.500. The molecule has 0 saturated carbocycles. The van der Waals surface area contributed by atoms with Crippen LogP contribution in [0.2, 0.25) is 0 Å². The third kappa shape index (κ3) is 4.08. The van der Waals surface area contributed by atoms with Crippen LogP contribution in [0.15, 0.2) is 24.3 Å². The molecular weight excluding hydrogens is 354 g/mol. The van der Waals surface area contributed by atoms with Gasteiger partial charge in [0.25, 0.3) is 5.24 Å². The van der Waals surface area contributed by atoms with Gasteiger partial charge in [0.15, 0.2) is 0 Å². The van der Waals surface area contributed by atoms with E-state index in [1.165, 1.54) is 4.90 Å². The van der Waals surface area contributed by atoms with Gasteiger partial charge in [0, 0.05) is 12.8 Å². The zero-order valence-electron chi connectivity index (χ0n) is 14.7. The number of anilines is 1. The van der Waals surface area contributed by atoms with E-state index in [4.69, 9.17) is 4.74 Å². The van der Waals surface area contributed by atoms with Gasteiger partial charge >= 0.3 is 0 Å². The van der Waals surface area contributed by atoms with Crippen molar-refractivity contribution in [1.29, 1.82) is 0 Å². The standard InChI is InChI=1S/C18H23N3O4S/c1-25-12-18(6-8-19-9-7-18)16(23)20-14-4-2-13(3-5-14)10-21-15(22)11-26-17(21)24/h2-5,19H,6-12H2,1H3,(H,20,23). The highest BCUT2D eigenvalue weighted by Crippen LogP contribution is 2.31. The van der Waals surface area contributed by atoms with Crippen molar-refractivity contribution in [3.63, 3.8) is 0 Å². The van der Waals surface area contributed by atoms with Crippen LogP contribution < -0.4 is 10.6 Å². The minimum absolute atomic E-state index is 0.0325. The molecule has 2 aliphatic rings. The molecule has 0 aromatic heterocycles. The topological polar surface area (TPSA) is 87.7 Å². The molecule has 7 nitrogen and oxygen atoms in total. The summed E-state index contributed by atoms with van der Waals surface area (Å²) in [6, 6.07) is 7.25. The zero-order valence-corrected chi connectivity index (χ0v) is 15.6. The van der Waals surface area contributed by atoms with Gasteiger partial charge in [-0.15, -0.1) is 0 Å². The van der Waals surface area contributed by atoms with E-state index in [9.17, 15) is 14.4 Å². The predicted octanol–water partition coefficient (Wildman–Crippen LogP) is 1.84. The lowest BCUT2D eigenvalue weighted by atomic mass is 9.78. The molecule has 26 heavy (non-hydrogen) atoms. The summed E-state index contributed by atoms with van der Waals surface area (Å²) in [6.07, 6.45) is 1.48. The van der Waals surface area contributed by atoms with Crippen LogP contribution in [-0.4, -0.2) is 54.5 Å². The molecule has 0 radical (unpaired) electrons. The summed E-state index contributed by atoms with van der Waals surface area (Å²) in [6.45, 7) is 2.25. The van der Waals surface area contributed by atoms with Crippen LogP contribution in [-0.2, 0) is 20.9 Å². The van der Waals surface area contributed by atoms with E-state index in [2.05, 4.69) is 10.6 Å². The minimum Gasteiger partial charge on any atom is -0.384 e. The van der Waals surface area contributed by atoms with Crippen molar-refractivity contribution in [1.82, 2.24) is 10.2 Å². The first-order valence-corrected chi connectivity index (χ1v) is 9.60. The Hall–Kier alpha value is -1.90. The Morgan fingerprint density at radius 1 is 1.27 bits per heavy atom. The highest BCUT2D eigenvalue weighted by atomic mass is 32.2. The van der Waals surface area contributed by atoms with Crippen molar-refractivity contribution in [2.75, 3.05) is 37.9 Å². The van der Waals surface area contributed by atoms with Gasteiger partial charge in [0.1, 0.15) is 0 Å². The largest absolute Gasteiger partial charge is 0.384 e. The number of nitrogens with one attached hydrogen (secondary N) is 2. The SMILES string of the molecule is COCC1(C(=O)Nc2ccc(CN3C(=O)CSC3=O)cc2)CCNCC1. The molecule has 2 aliphatic heterocycles. The molecule has 2 fully saturated rings. The Balaban J connectivity index is 1.64. The van der Waals surface area contributed by atoms with Crippen LogP contribution in [0.5, 0.6) is 0 Å².